The molecule has 23 heavy (non-hydrogen) atoms. The SMILES string of the molecule is CC(C)(C)C(=O)O.CCOC(=O)c1ccc(OCC(C)O)cc1. The number of aliphatic hydroxyl groups excluding tert-OH is 1. The van der Waals surface area contributed by atoms with Gasteiger partial charge in [0.15, 0.2) is 0 Å². The molecule has 1 aromatic rings. The van der Waals surface area contributed by atoms with Crippen LogP contribution in [0.15, 0.2) is 24.3 Å². The van der Waals surface area contributed by atoms with Crippen LogP contribution in [-0.4, -0.2) is 41.5 Å². The quantitative estimate of drug-likeness (QED) is 0.808. The molecule has 1 rings (SSSR count). The molecule has 130 valence electrons. The fourth-order valence-corrected chi connectivity index (χ4v) is 1.12. The van der Waals surface area contributed by atoms with Crippen LogP contribution in [0.5, 0.6) is 5.75 Å². The van der Waals surface area contributed by atoms with Crippen molar-refractivity contribution in [1.29, 1.82) is 0 Å². The van der Waals surface area contributed by atoms with Crippen molar-refractivity contribution in [2.24, 2.45) is 5.41 Å². The Bertz CT molecular complexity index is 485. The number of rotatable bonds is 5. The summed E-state index contributed by atoms with van der Waals surface area (Å²) in [4.78, 5) is 21.3. The smallest absolute Gasteiger partial charge is 0.338 e. The number of ether oxygens (including phenoxy) is 2. The van der Waals surface area contributed by atoms with Gasteiger partial charge in [-0.3, -0.25) is 4.79 Å². The van der Waals surface area contributed by atoms with E-state index in [0.29, 0.717) is 17.9 Å². The number of carbonyl (C=O) groups excluding carboxylic acids is 1. The highest BCUT2D eigenvalue weighted by atomic mass is 16.5. The van der Waals surface area contributed by atoms with Crippen molar-refractivity contribution in [2.75, 3.05) is 13.2 Å². The summed E-state index contributed by atoms with van der Waals surface area (Å²) in [7, 11) is 0. The highest BCUT2D eigenvalue weighted by Crippen LogP contribution is 2.13. The standard InChI is InChI=1S/C12H16O4.C5H10O2/c1-3-15-12(14)10-4-6-11(7-5-10)16-8-9(2)13;1-5(2,3)4(6)7/h4-7,9,13H,3,8H2,1-2H3;1-3H3,(H,6,7). The second-order valence-corrected chi connectivity index (χ2v) is 5.96. The van der Waals surface area contributed by atoms with Crippen LogP contribution in [0, 0.1) is 5.41 Å². The van der Waals surface area contributed by atoms with E-state index in [2.05, 4.69) is 0 Å². The van der Waals surface area contributed by atoms with Gasteiger partial charge in [0.05, 0.1) is 23.7 Å². The second-order valence-electron chi connectivity index (χ2n) is 5.96. The van der Waals surface area contributed by atoms with Gasteiger partial charge in [0.2, 0.25) is 0 Å². The summed E-state index contributed by atoms with van der Waals surface area (Å²) in [5.41, 5.74) is -0.0914. The van der Waals surface area contributed by atoms with Crippen LogP contribution in [0.4, 0.5) is 0 Å². The van der Waals surface area contributed by atoms with Gasteiger partial charge in [-0.05, 0) is 58.9 Å². The van der Waals surface area contributed by atoms with Crippen molar-refractivity contribution < 1.29 is 29.3 Å². The molecule has 0 saturated heterocycles. The minimum Gasteiger partial charge on any atom is -0.491 e. The van der Waals surface area contributed by atoms with Crippen molar-refractivity contribution in [1.82, 2.24) is 0 Å². The van der Waals surface area contributed by atoms with Crippen LogP contribution < -0.4 is 4.74 Å². The molecule has 0 spiro atoms. The zero-order valence-corrected chi connectivity index (χ0v) is 14.3. The van der Waals surface area contributed by atoms with E-state index in [9.17, 15) is 9.59 Å². The summed E-state index contributed by atoms with van der Waals surface area (Å²) in [5.74, 6) is -0.481. The number of esters is 1. The van der Waals surface area contributed by atoms with Gasteiger partial charge in [0.25, 0.3) is 0 Å². The number of hydrogen-bond acceptors (Lipinski definition) is 5. The van der Waals surface area contributed by atoms with Crippen molar-refractivity contribution >= 4 is 11.9 Å². The number of hydrogen-bond donors (Lipinski definition) is 2. The molecule has 0 bridgehead atoms. The van der Waals surface area contributed by atoms with E-state index in [4.69, 9.17) is 19.7 Å². The maximum Gasteiger partial charge on any atom is 0.338 e. The van der Waals surface area contributed by atoms with Crippen molar-refractivity contribution in [3.05, 3.63) is 29.8 Å². The Labute approximate surface area is 137 Å². The zero-order valence-electron chi connectivity index (χ0n) is 14.3. The molecule has 1 aromatic carbocycles. The van der Waals surface area contributed by atoms with Gasteiger partial charge in [-0.25, -0.2) is 4.79 Å². The molecule has 6 heteroatoms. The second kappa shape index (κ2) is 9.84. The van der Waals surface area contributed by atoms with Gasteiger partial charge >= 0.3 is 11.9 Å². The molecule has 2 N–H and O–H groups in total. The lowest BCUT2D eigenvalue weighted by Crippen LogP contribution is -2.18. The maximum absolute atomic E-state index is 11.3. The van der Waals surface area contributed by atoms with Crippen LogP contribution in [0.25, 0.3) is 0 Å². The molecule has 0 fully saturated rings. The zero-order chi connectivity index (χ0) is 18.0. The molecule has 1 atom stereocenters. The molecule has 1 unspecified atom stereocenters. The molecule has 0 saturated carbocycles. The number of carboxylic acids is 1. The van der Waals surface area contributed by atoms with Crippen LogP contribution in [0.3, 0.4) is 0 Å². The fourth-order valence-electron chi connectivity index (χ4n) is 1.12. The van der Waals surface area contributed by atoms with Crippen molar-refractivity contribution in [3.8, 4) is 5.75 Å². The summed E-state index contributed by atoms with van der Waals surface area (Å²) in [6, 6.07) is 6.62. The highest BCUT2D eigenvalue weighted by Gasteiger charge is 2.18. The van der Waals surface area contributed by atoms with Crippen LogP contribution in [0.2, 0.25) is 0 Å². The number of carboxylic acid groups (broad SMARTS) is 1. The van der Waals surface area contributed by atoms with E-state index in [0.717, 1.165) is 0 Å². The lowest BCUT2D eigenvalue weighted by atomic mass is 9.98. The predicted molar refractivity (Wildman–Crippen MR) is 86.7 cm³/mol. The van der Waals surface area contributed by atoms with Gasteiger partial charge in [0, 0.05) is 0 Å². The number of carbonyl (C=O) groups is 2. The average molecular weight is 326 g/mol. The van der Waals surface area contributed by atoms with Gasteiger partial charge < -0.3 is 19.7 Å². The molecule has 0 amide bonds. The summed E-state index contributed by atoms with van der Waals surface area (Å²) < 4.78 is 10.1. The molecular formula is C17H26O6. The van der Waals surface area contributed by atoms with Gasteiger partial charge in [-0.2, -0.15) is 0 Å². The first-order valence-electron chi connectivity index (χ1n) is 7.39. The number of aliphatic carboxylic acids is 1. The molecule has 0 radical (unpaired) electrons. The number of benzene rings is 1. The van der Waals surface area contributed by atoms with Gasteiger partial charge in [-0.15, -0.1) is 0 Å². The summed E-state index contributed by atoms with van der Waals surface area (Å²) in [5, 5.41) is 17.3. The van der Waals surface area contributed by atoms with Crippen LogP contribution in [-0.2, 0) is 9.53 Å². The molecule has 6 nitrogen and oxygen atoms in total. The van der Waals surface area contributed by atoms with Crippen LogP contribution in [0.1, 0.15) is 45.0 Å². The third-order valence-electron chi connectivity index (χ3n) is 2.50. The maximum atomic E-state index is 11.3. The fraction of sp³-hybridized carbons (Fsp3) is 0.529. The first-order valence-corrected chi connectivity index (χ1v) is 7.39. The van der Waals surface area contributed by atoms with Gasteiger partial charge in [0.1, 0.15) is 12.4 Å². The molecular weight excluding hydrogens is 300 g/mol. The number of aliphatic hydroxyl groups is 1. The summed E-state index contributed by atoms with van der Waals surface area (Å²) >= 11 is 0. The molecule has 0 aliphatic heterocycles. The minimum atomic E-state index is -0.757. The van der Waals surface area contributed by atoms with E-state index in [1.807, 2.05) is 0 Å². The normalized spacial score (nSPS) is 11.7. The third kappa shape index (κ3) is 9.52. The Morgan fingerprint density at radius 1 is 1.17 bits per heavy atom. The van der Waals surface area contributed by atoms with E-state index in [-0.39, 0.29) is 12.6 Å². The van der Waals surface area contributed by atoms with E-state index in [1.165, 1.54) is 0 Å². The molecule has 0 aliphatic carbocycles. The van der Waals surface area contributed by atoms with Gasteiger partial charge in [-0.1, -0.05) is 0 Å². The topological polar surface area (TPSA) is 93.1 Å². The Morgan fingerprint density at radius 2 is 1.65 bits per heavy atom. The Hall–Kier alpha value is -2.08. The Kier molecular flexibility index (Phi) is 8.95. The van der Waals surface area contributed by atoms with Crippen LogP contribution >= 0.6 is 0 Å². The lowest BCUT2D eigenvalue weighted by Gasteiger charge is -2.08. The monoisotopic (exact) mass is 326 g/mol. The van der Waals surface area contributed by atoms with Crippen molar-refractivity contribution in [3.63, 3.8) is 0 Å². The Balaban J connectivity index is 0.000000585. The third-order valence-corrected chi connectivity index (χ3v) is 2.50. The van der Waals surface area contributed by atoms with E-state index < -0.39 is 17.5 Å². The first kappa shape index (κ1) is 20.9. The van der Waals surface area contributed by atoms with E-state index >= 15 is 0 Å². The van der Waals surface area contributed by atoms with Crippen molar-refractivity contribution in [2.45, 2.75) is 40.7 Å². The molecule has 0 aliphatic rings. The van der Waals surface area contributed by atoms with E-state index in [1.54, 1.807) is 58.9 Å². The molecule has 0 aromatic heterocycles. The average Bonchev–Trinajstić information content (AvgIpc) is 2.45. The lowest BCUT2D eigenvalue weighted by molar-refractivity contribution is -0.145. The largest absolute Gasteiger partial charge is 0.491 e. The Morgan fingerprint density at radius 3 is 2.00 bits per heavy atom. The summed E-state index contributed by atoms with van der Waals surface area (Å²) in [6.07, 6.45) is -0.510. The first-order chi connectivity index (χ1) is 10.6. The predicted octanol–water partition coefficient (Wildman–Crippen LogP) is 2.74. The highest BCUT2D eigenvalue weighted by molar-refractivity contribution is 5.89. The minimum absolute atomic E-state index is 0.235. The summed E-state index contributed by atoms with van der Waals surface area (Å²) in [6.45, 7) is 8.99. The molecule has 0 heterocycles.